The highest BCUT2D eigenvalue weighted by molar-refractivity contribution is 6.11. The third kappa shape index (κ3) is 3.79. The molecular formula is C43H27NO2. The highest BCUT2D eigenvalue weighted by Gasteiger charge is 2.16. The van der Waals surface area contributed by atoms with Crippen LogP contribution in [-0.2, 0) is 0 Å². The van der Waals surface area contributed by atoms with Crippen molar-refractivity contribution >= 4 is 66.9 Å². The molecule has 0 saturated carbocycles. The number of fused-ring (bicyclic) bond motifs is 9. The zero-order valence-corrected chi connectivity index (χ0v) is 24.9. The van der Waals surface area contributed by atoms with E-state index in [2.05, 4.69) is 156 Å². The third-order valence-electron chi connectivity index (χ3n) is 9.40. The predicted molar refractivity (Wildman–Crippen MR) is 191 cm³/mol. The van der Waals surface area contributed by atoms with Crippen LogP contribution in [-0.4, -0.2) is 4.57 Å². The van der Waals surface area contributed by atoms with Gasteiger partial charge in [0.15, 0.2) is 0 Å². The summed E-state index contributed by atoms with van der Waals surface area (Å²) in [4.78, 5) is 0. The summed E-state index contributed by atoms with van der Waals surface area (Å²) in [7, 11) is 0. The highest BCUT2D eigenvalue weighted by Crippen LogP contribution is 2.38. The van der Waals surface area contributed by atoms with Crippen molar-refractivity contribution in [2.45, 2.75) is 6.42 Å². The van der Waals surface area contributed by atoms with Crippen molar-refractivity contribution in [2.75, 3.05) is 0 Å². The zero-order chi connectivity index (χ0) is 30.2. The lowest BCUT2D eigenvalue weighted by molar-refractivity contribution is 0.603. The Balaban J connectivity index is 1.09. The fourth-order valence-electron chi connectivity index (χ4n) is 7.21. The summed E-state index contributed by atoms with van der Waals surface area (Å²) in [6, 6.07) is 45.6. The van der Waals surface area contributed by atoms with Gasteiger partial charge in [-0.3, -0.25) is 0 Å². The standard InChI is InChI=1S/C43H27NO2/c1-2-13-34-35-24-29(17-20-41(35)45-40(34)16-3-1)27-9-8-10-28(23-27)30-18-21-42-36(25-30)37-26-31(19-22-43(37)46-42)44-38-14-6-4-11-32(38)33-12-5-7-15-39(33)44/h2-26H,1H2. The molecule has 6 aromatic carbocycles. The minimum absolute atomic E-state index is 0.891. The molecule has 9 aromatic rings. The van der Waals surface area contributed by atoms with Crippen molar-refractivity contribution in [3.63, 3.8) is 0 Å². The summed E-state index contributed by atoms with van der Waals surface area (Å²) in [5.74, 6) is 0.927. The number of furan rings is 2. The monoisotopic (exact) mass is 589 g/mol. The molecule has 0 bridgehead atoms. The second-order valence-electron chi connectivity index (χ2n) is 12.1. The van der Waals surface area contributed by atoms with E-state index in [4.69, 9.17) is 8.83 Å². The van der Waals surface area contributed by atoms with Crippen molar-refractivity contribution in [1.82, 2.24) is 4.57 Å². The van der Waals surface area contributed by atoms with Crippen LogP contribution in [0.2, 0.25) is 0 Å². The molecular weight excluding hydrogens is 562 g/mol. The minimum Gasteiger partial charge on any atom is -0.456 e. The summed E-state index contributed by atoms with van der Waals surface area (Å²) < 4.78 is 14.9. The van der Waals surface area contributed by atoms with E-state index in [0.29, 0.717) is 0 Å². The lowest BCUT2D eigenvalue weighted by atomic mass is 9.97. The van der Waals surface area contributed by atoms with Crippen LogP contribution in [0.5, 0.6) is 0 Å². The number of hydrogen-bond acceptors (Lipinski definition) is 2. The number of para-hydroxylation sites is 2. The van der Waals surface area contributed by atoms with Crippen molar-refractivity contribution in [1.29, 1.82) is 0 Å². The molecule has 0 amide bonds. The Kier molecular flexibility index (Phi) is 5.34. The van der Waals surface area contributed by atoms with Gasteiger partial charge in [0.2, 0.25) is 0 Å². The largest absolute Gasteiger partial charge is 0.456 e. The molecule has 3 heterocycles. The first-order valence-electron chi connectivity index (χ1n) is 15.7. The van der Waals surface area contributed by atoms with Crippen molar-refractivity contribution in [3.05, 3.63) is 151 Å². The van der Waals surface area contributed by atoms with Gasteiger partial charge in [-0.2, -0.15) is 0 Å². The second-order valence-corrected chi connectivity index (χ2v) is 12.1. The number of rotatable bonds is 3. The molecule has 0 unspecified atom stereocenters. The molecule has 3 nitrogen and oxygen atoms in total. The van der Waals surface area contributed by atoms with Crippen LogP contribution in [0.25, 0.3) is 94.8 Å². The maximum atomic E-state index is 6.34. The molecule has 0 atom stereocenters. The predicted octanol–water partition coefficient (Wildman–Crippen LogP) is 12.2. The van der Waals surface area contributed by atoms with E-state index in [9.17, 15) is 0 Å². The molecule has 46 heavy (non-hydrogen) atoms. The lowest BCUT2D eigenvalue weighted by Crippen LogP contribution is -1.93. The van der Waals surface area contributed by atoms with E-state index in [-0.39, 0.29) is 0 Å². The molecule has 0 spiro atoms. The van der Waals surface area contributed by atoms with E-state index in [1.807, 2.05) is 0 Å². The Labute approximate surface area is 264 Å². The average molecular weight is 590 g/mol. The Bertz CT molecular complexity index is 2670. The maximum Gasteiger partial charge on any atom is 0.135 e. The molecule has 10 rings (SSSR count). The van der Waals surface area contributed by atoms with E-state index < -0.39 is 0 Å². The molecule has 0 aliphatic heterocycles. The summed E-state index contributed by atoms with van der Waals surface area (Å²) in [5, 5.41) is 5.88. The molecule has 1 aliphatic carbocycles. The number of nitrogens with zero attached hydrogens (tertiary/aromatic N) is 1. The van der Waals surface area contributed by atoms with Crippen molar-refractivity contribution in [2.24, 2.45) is 0 Å². The van der Waals surface area contributed by atoms with Gasteiger partial charge in [0, 0.05) is 38.2 Å². The number of hydrogen-bond donors (Lipinski definition) is 0. The Morgan fingerprint density at radius 2 is 1.02 bits per heavy atom. The van der Waals surface area contributed by atoms with Gasteiger partial charge in [-0.1, -0.05) is 85.0 Å². The van der Waals surface area contributed by atoms with Gasteiger partial charge in [0.05, 0.1) is 11.0 Å². The van der Waals surface area contributed by atoms with Crippen molar-refractivity contribution in [3.8, 4) is 27.9 Å². The first-order chi connectivity index (χ1) is 22.8. The van der Waals surface area contributed by atoms with Crippen LogP contribution in [0, 0.1) is 0 Å². The number of allylic oxidation sites excluding steroid dienone is 2. The summed E-state index contributed by atoms with van der Waals surface area (Å²) in [5.41, 5.74) is 12.0. The maximum absolute atomic E-state index is 6.34. The first-order valence-corrected chi connectivity index (χ1v) is 15.7. The Morgan fingerprint density at radius 1 is 0.435 bits per heavy atom. The summed E-state index contributed by atoms with van der Waals surface area (Å²) in [6.45, 7) is 0. The van der Waals surface area contributed by atoms with Crippen LogP contribution in [0.1, 0.15) is 17.7 Å². The van der Waals surface area contributed by atoms with Crippen LogP contribution in [0.3, 0.4) is 0 Å². The van der Waals surface area contributed by atoms with Gasteiger partial charge in [-0.25, -0.2) is 0 Å². The molecule has 0 saturated heterocycles. The average Bonchev–Trinajstić information content (AvgIpc) is 3.70. The van der Waals surface area contributed by atoms with Gasteiger partial charge in [0.1, 0.15) is 22.5 Å². The van der Waals surface area contributed by atoms with Crippen molar-refractivity contribution < 1.29 is 8.83 Å². The normalized spacial score (nSPS) is 13.0. The van der Waals surface area contributed by atoms with E-state index >= 15 is 0 Å². The zero-order valence-electron chi connectivity index (χ0n) is 24.9. The van der Waals surface area contributed by atoms with Crippen LogP contribution in [0.4, 0.5) is 0 Å². The van der Waals surface area contributed by atoms with E-state index in [1.165, 1.54) is 38.5 Å². The van der Waals surface area contributed by atoms with Gasteiger partial charge in [-0.15, -0.1) is 0 Å². The first kappa shape index (κ1) is 25.3. The van der Waals surface area contributed by atoms with Gasteiger partial charge >= 0.3 is 0 Å². The fraction of sp³-hybridized carbons (Fsp3) is 0.0233. The molecule has 3 heteroatoms. The Morgan fingerprint density at radius 3 is 1.76 bits per heavy atom. The summed E-state index contributed by atoms with van der Waals surface area (Å²) >= 11 is 0. The highest BCUT2D eigenvalue weighted by atomic mass is 16.3. The van der Waals surface area contributed by atoms with Crippen LogP contribution in [0.15, 0.2) is 148 Å². The van der Waals surface area contributed by atoms with E-state index in [1.54, 1.807) is 0 Å². The molecule has 216 valence electrons. The second kappa shape index (κ2) is 9.72. The molecule has 0 fully saturated rings. The van der Waals surface area contributed by atoms with Crippen LogP contribution < -0.4 is 0 Å². The molecule has 0 radical (unpaired) electrons. The fourth-order valence-corrected chi connectivity index (χ4v) is 7.21. The van der Waals surface area contributed by atoms with Gasteiger partial charge in [-0.05, 0) is 95.4 Å². The summed E-state index contributed by atoms with van der Waals surface area (Å²) in [6.07, 6.45) is 9.51. The smallest absolute Gasteiger partial charge is 0.135 e. The lowest BCUT2D eigenvalue weighted by Gasteiger charge is -2.08. The van der Waals surface area contributed by atoms with Crippen LogP contribution >= 0.6 is 0 Å². The van der Waals surface area contributed by atoms with Gasteiger partial charge in [0.25, 0.3) is 0 Å². The quantitative estimate of drug-likeness (QED) is 0.205. The topological polar surface area (TPSA) is 31.2 Å². The van der Waals surface area contributed by atoms with Gasteiger partial charge < -0.3 is 13.4 Å². The number of aromatic nitrogens is 1. The minimum atomic E-state index is 0.891. The molecule has 0 N–H and O–H groups in total. The molecule has 3 aromatic heterocycles. The number of benzene rings is 6. The van der Waals surface area contributed by atoms with E-state index in [0.717, 1.165) is 61.9 Å². The Hall–Kier alpha value is -6.06. The third-order valence-corrected chi connectivity index (χ3v) is 9.40. The SMILES string of the molecule is C1=Cc2oc3ccc(-c4cccc(-c5ccc6oc7ccc(-n8c9ccccc9c9ccccc98)cc7c6c5)c4)cc3c2C=CC1. The molecule has 1 aliphatic rings.